The SMILES string of the molecule is C[C@@H](CNC(=O)NC[C@H]1CCN(c2ccccc2)C1)N1CCc2ccccc2C1. The Morgan fingerprint density at radius 2 is 1.79 bits per heavy atom. The number of nitrogens with zero attached hydrogens (tertiary/aromatic N) is 2. The zero-order valence-electron chi connectivity index (χ0n) is 17.3. The smallest absolute Gasteiger partial charge is 0.314 e. The van der Waals surface area contributed by atoms with E-state index in [9.17, 15) is 4.79 Å². The van der Waals surface area contributed by atoms with Gasteiger partial charge in [-0.1, -0.05) is 42.5 Å². The van der Waals surface area contributed by atoms with Crippen molar-refractivity contribution in [3.05, 3.63) is 65.7 Å². The molecule has 0 spiro atoms. The largest absolute Gasteiger partial charge is 0.371 e. The van der Waals surface area contributed by atoms with Crippen molar-refractivity contribution in [1.29, 1.82) is 0 Å². The maximum absolute atomic E-state index is 12.3. The van der Waals surface area contributed by atoms with E-state index in [2.05, 4.69) is 75.9 Å². The topological polar surface area (TPSA) is 47.6 Å². The highest BCUT2D eigenvalue weighted by atomic mass is 16.2. The summed E-state index contributed by atoms with van der Waals surface area (Å²) in [5.41, 5.74) is 4.15. The molecule has 2 aliphatic heterocycles. The predicted octanol–water partition coefficient (Wildman–Crippen LogP) is 3.26. The van der Waals surface area contributed by atoms with Crippen molar-refractivity contribution in [3.63, 3.8) is 0 Å². The van der Waals surface area contributed by atoms with Gasteiger partial charge in [-0.3, -0.25) is 4.90 Å². The zero-order chi connectivity index (χ0) is 20.1. The fraction of sp³-hybridized carbons (Fsp3) is 0.458. The number of urea groups is 1. The van der Waals surface area contributed by atoms with Crippen molar-refractivity contribution in [1.82, 2.24) is 15.5 Å². The number of para-hydroxylation sites is 1. The number of nitrogens with one attached hydrogen (secondary N) is 2. The third kappa shape index (κ3) is 5.10. The Labute approximate surface area is 174 Å². The molecule has 154 valence electrons. The molecule has 0 saturated carbocycles. The molecule has 2 N–H and O–H groups in total. The molecule has 0 bridgehead atoms. The van der Waals surface area contributed by atoms with Gasteiger partial charge in [-0.2, -0.15) is 0 Å². The molecule has 2 aromatic rings. The van der Waals surface area contributed by atoms with E-state index in [-0.39, 0.29) is 6.03 Å². The van der Waals surface area contributed by atoms with E-state index in [1.165, 1.54) is 16.8 Å². The number of rotatable bonds is 6. The predicted molar refractivity (Wildman–Crippen MR) is 118 cm³/mol. The average molecular weight is 393 g/mol. The number of carbonyl (C=O) groups excluding carboxylic acids is 1. The number of benzene rings is 2. The van der Waals surface area contributed by atoms with Crippen molar-refractivity contribution in [2.45, 2.75) is 32.4 Å². The lowest BCUT2D eigenvalue weighted by molar-refractivity contribution is 0.184. The summed E-state index contributed by atoms with van der Waals surface area (Å²) >= 11 is 0. The first kappa shape index (κ1) is 19.8. The van der Waals surface area contributed by atoms with Gasteiger partial charge in [0.05, 0.1) is 0 Å². The highest BCUT2D eigenvalue weighted by Crippen LogP contribution is 2.23. The molecule has 0 unspecified atom stereocenters. The van der Waals surface area contributed by atoms with Crippen LogP contribution in [0.1, 0.15) is 24.5 Å². The van der Waals surface area contributed by atoms with Gasteiger partial charge in [0.2, 0.25) is 0 Å². The van der Waals surface area contributed by atoms with Crippen LogP contribution in [0.3, 0.4) is 0 Å². The number of fused-ring (bicyclic) bond motifs is 1. The Hall–Kier alpha value is -2.53. The fourth-order valence-corrected chi connectivity index (χ4v) is 4.44. The highest BCUT2D eigenvalue weighted by Gasteiger charge is 2.24. The summed E-state index contributed by atoms with van der Waals surface area (Å²) in [5.74, 6) is 0.511. The summed E-state index contributed by atoms with van der Waals surface area (Å²) in [5, 5.41) is 6.14. The first-order valence-electron chi connectivity index (χ1n) is 10.8. The summed E-state index contributed by atoms with van der Waals surface area (Å²) in [4.78, 5) is 17.1. The molecule has 1 fully saturated rings. The van der Waals surface area contributed by atoms with Crippen LogP contribution in [0.4, 0.5) is 10.5 Å². The van der Waals surface area contributed by atoms with Gasteiger partial charge in [-0.15, -0.1) is 0 Å². The van der Waals surface area contributed by atoms with Crippen LogP contribution < -0.4 is 15.5 Å². The first-order valence-corrected chi connectivity index (χ1v) is 10.8. The van der Waals surface area contributed by atoms with E-state index >= 15 is 0 Å². The van der Waals surface area contributed by atoms with Crippen LogP contribution >= 0.6 is 0 Å². The van der Waals surface area contributed by atoms with Gasteiger partial charge in [0.25, 0.3) is 0 Å². The first-order chi connectivity index (χ1) is 14.2. The molecule has 0 radical (unpaired) electrons. The van der Waals surface area contributed by atoms with Crippen LogP contribution in [0.5, 0.6) is 0 Å². The second-order valence-corrected chi connectivity index (χ2v) is 8.37. The van der Waals surface area contributed by atoms with Gasteiger partial charge in [-0.25, -0.2) is 4.79 Å². The maximum atomic E-state index is 12.3. The van der Waals surface area contributed by atoms with Crippen molar-refractivity contribution in [2.75, 3.05) is 37.6 Å². The van der Waals surface area contributed by atoms with Crippen molar-refractivity contribution < 1.29 is 4.79 Å². The summed E-state index contributed by atoms with van der Waals surface area (Å²) < 4.78 is 0. The highest BCUT2D eigenvalue weighted by molar-refractivity contribution is 5.73. The third-order valence-electron chi connectivity index (χ3n) is 6.30. The molecule has 2 amide bonds. The van der Waals surface area contributed by atoms with Crippen molar-refractivity contribution >= 4 is 11.7 Å². The van der Waals surface area contributed by atoms with Gasteiger partial charge in [-0.05, 0) is 48.9 Å². The van der Waals surface area contributed by atoms with Crippen LogP contribution in [0.15, 0.2) is 54.6 Å². The molecule has 2 aliphatic rings. The Kier molecular flexibility index (Phi) is 6.35. The van der Waals surface area contributed by atoms with Crippen LogP contribution in [0.25, 0.3) is 0 Å². The van der Waals surface area contributed by atoms with Gasteiger partial charge >= 0.3 is 6.03 Å². The maximum Gasteiger partial charge on any atom is 0.314 e. The minimum Gasteiger partial charge on any atom is -0.371 e. The second kappa shape index (κ2) is 9.31. The molecule has 29 heavy (non-hydrogen) atoms. The number of anilines is 1. The van der Waals surface area contributed by atoms with Gasteiger partial charge in [0.15, 0.2) is 0 Å². The van der Waals surface area contributed by atoms with Crippen LogP contribution in [0.2, 0.25) is 0 Å². The van der Waals surface area contributed by atoms with Crippen molar-refractivity contribution in [3.8, 4) is 0 Å². The molecular weight excluding hydrogens is 360 g/mol. The van der Waals surface area contributed by atoms with Crippen LogP contribution in [0, 0.1) is 5.92 Å². The Bertz CT molecular complexity index is 810. The van der Waals surface area contributed by atoms with Crippen LogP contribution in [-0.4, -0.2) is 49.7 Å². The summed E-state index contributed by atoms with van der Waals surface area (Å²) in [6.45, 7) is 7.70. The number of amides is 2. The molecule has 0 aromatic heterocycles. The molecular formula is C24H32N4O. The molecule has 4 rings (SSSR count). The molecule has 2 aromatic carbocycles. The lowest BCUT2D eigenvalue weighted by atomic mass is 9.99. The van der Waals surface area contributed by atoms with Crippen LogP contribution in [-0.2, 0) is 13.0 Å². The Morgan fingerprint density at radius 3 is 2.62 bits per heavy atom. The lowest BCUT2D eigenvalue weighted by Crippen LogP contribution is -2.47. The van der Waals surface area contributed by atoms with E-state index in [4.69, 9.17) is 0 Å². The van der Waals surface area contributed by atoms with E-state index in [1.807, 2.05) is 6.07 Å². The molecule has 5 nitrogen and oxygen atoms in total. The molecule has 1 saturated heterocycles. The normalized spacial score (nSPS) is 20.2. The third-order valence-corrected chi connectivity index (χ3v) is 6.30. The van der Waals surface area contributed by atoms with Gasteiger partial charge < -0.3 is 15.5 Å². The Balaban J connectivity index is 1.16. The number of hydrogen-bond donors (Lipinski definition) is 2. The zero-order valence-corrected chi connectivity index (χ0v) is 17.3. The van der Waals surface area contributed by atoms with E-state index in [1.54, 1.807) is 0 Å². The lowest BCUT2D eigenvalue weighted by Gasteiger charge is -2.33. The number of hydrogen-bond acceptors (Lipinski definition) is 3. The Morgan fingerprint density at radius 1 is 1.03 bits per heavy atom. The standard InChI is InChI=1S/C24H32N4O/c1-19(27-14-12-21-7-5-6-8-22(21)18-27)15-25-24(29)26-16-20-11-13-28(17-20)23-9-3-2-4-10-23/h2-10,19-20H,11-18H2,1H3,(H2,25,26,29)/t19-,20+/m0/s1. The van der Waals surface area contributed by atoms with Crippen molar-refractivity contribution in [2.24, 2.45) is 5.92 Å². The molecule has 2 atom stereocenters. The van der Waals surface area contributed by atoms with E-state index < -0.39 is 0 Å². The molecule has 5 heteroatoms. The minimum absolute atomic E-state index is 0.0487. The molecule has 0 aliphatic carbocycles. The fourth-order valence-electron chi connectivity index (χ4n) is 4.44. The van der Waals surface area contributed by atoms with E-state index in [0.717, 1.165) is 45.6 Å². The van der Waals surface area contributed by atoms with E-state index in [0.29, 0.717) is 18.5 Å². The van der Waals surface area contributed by atoms with Gasteiger partial charge in [0, 0.05) is 51.0 Å². The number of carbonyl (C=O) groups is 1. The summed E-state index contributed by atoms with van der Waals surface area (Å²) in [6.07, 6.45) is 2.21. The quantitative estimate of drug-likeness (QED) is 0.793. The summed E-state index contributed by atoms with van der Waals surface area (Å²) in [7, 11) is 0. The second-order valence-electron chi connectivity index (χ2n) is 8.37. The average Bonchev–Trinajstić information content (AvgIpc) is 3.25. The summed E-state index contributed by atoms with van der Waals surface area (Å²) in [6, 6.07) is 19.5. The van der Waals surface area contributed by atoms with Gasteiger partial charge in [0.1, 0.15) is 0 Å². The molecule has 2 heterocycles. The monoisotopic (exact) mass is 392 g/mol. The minimum atomic E-state index is -0.0487.